The zero-order chi connectivity index (χ0) is 19.9. The van der Waals surface area contributed by atoms with Crippen molar-refractivity contribution in [3.63, 3.8) is 0 Å². The van der Waals surface area contributed by atoms with Gasteiger partial charge in [0.05, 0.1) is 0 Å². The lowest BCUT2D eigenvalue weighted by Gasteiger charge is -2.39. The van der Waals surface area contributed by atoms with Gasteiger partial charge in [-0.2, -0.15) is 0 Å². The highest BCUT2D eigenvalue weighted by atomic mass is 29.7. The number of rotatable bonds is 13. The Morgan fingerprint density at radius 1 is 0.846 bits per heavy atom. The summed E-state index contributed by atoms with van der Waals surface area (Å²) < 4.78 is 13.4. The molecule has 2 atom stereocenters. The highest BCUT2D eigenvalue weighted by Gasteiger charge is 2.69. The Balaban J connectivity index is 2.38. The van der Waals surface area contributed by atoms with Crippen molar-refractivity contribution in [3.05, 3.63) is 12.3 Å². The van der Waals surface area contributed by atoms with Crippen molar-refractivity contribution in [3.8, 4) is 0 Å². The fourth-order valence-corrected chi connectivity index (χ4v) is 47.4. The summed E-state index contributed by atoms with van der Waals surface area (Å²) in [5.41, 5.74) is 2.01. The second-order valence-corrected chi connectivity index (χ2v) is 36.1. The van der Waals surface area contributed by atoms with Gasteiger partial charge in [0.1, 0.15) is 0 Å². The highest BCUT2D eigenvalue weighted by molar-refractivity contribution is 7.66. The molecule has 2 unspecified atom stereocenters. The predicted octanol–water partition coefficient (Wildman–Crippen LogP) is 6.26. The average molecular weight is 433 g/mol. The molecular formula is C19H44O3Si4. The van der Waals surface area contributed by atoms with Crippen LogP contribution >= 0.6 is 0 Å². The molecule has 0 saturated carbocycles. The second-order valence-electron chi connectivity index (χ2n) is 9.25. The van der Waals surface area contributed by atoms with E-state index in [1.807, 2.05) is 18.8 Å². The average Bonchev–Trinajstić information content (AvgIpc) is 2.76. The minimum absolute atomic E-state index is 1.02. The Bertz CT molecular complexity index is 439. The molecule has 26 heavy (non-hydrogen) atoms. The summed E-state index contributed by atoms with van der Waals surface area (Å²) >= 11 is 0. The van der Waals surface area contributed by atoms with Gasteiger partial charge in [-0.3, -0.25) is 0 Å². The molecule has 1 N–H and O–H groups in total. The standard InChI is InChI=1S/C19H44O3Si4/c1-8-10-11-12-13-14-15-16-17-18-19-26(9-2)21-24(5,6)25(7,22-26)23(3,4)20/h9,20H,2,8,10-19H2,1,3-7H3. The molecule has 0 aromatic heterocycles. The van der Waals surface area contributed by atoms with Crippen LogP contribution in [0.15, 0.2) is 12.3 Å². The van der Waals surface area contributed by atoms with E-state index in [0.717, 1.165) is 6.04 Å². The number of hydrogen-bond donors (Lipinski definition) is 1. The maximum atomic E-state index is 10.9. The Morgan fingerprint density at radius 3 is 1.69 bits per heavy atom. The van der Waals surface area contributed by atoms with Gasteiger partial charge in [-0.1, -0.05) is 76.8 Å². The van der Waals surface area contributed by atoms with Gasteiger partial charge >= 0.3 is 8.56 Å². The molecule has 154 valence electrons. The molecule has 7 heteroatoms. The fourth-order valence-electron chi connectivity index (χ4n) is 4.03. The zero-order valence-electron chi connectivity index (χ0n) is 18.3. The first-order valence-electron chi connectivity index (χ1n) is 10.8. The van der Waals surface area contributed by atoms with Crippen LogP contribution in [0.4, 0.5) is 0 Å². The summed E-state index contributed by atoms with van der Waals surface area (Å²) in [5.74, 6) is 0. The van der Waals surface area contributed by atoms with Crippen LogP contribution in [0.2, 0.25) is 38.8 Å². The first-order chi connectivity index (χ1) is 12.0. The third-order valence-corrected chi connectivity index (χ3v) is 46.6. The molecule has 3 nitrogen and oxygen atoms in total. The molecule has 0 spiro atoms. The molecule has 1 aliphatic heterocycles. The van der Waals surface area contributed by atoms with E-state index in [2.05, 4.69) is 33.1 Å². The van der Waals surface area contributed by atoms with Crippen LogP contribution in [0.5, 0.6) is 0 Å². The molecule has 0 radical (unpaired) electrons. The van der Waals surface area contributed by atoms with E-state index >= 15 is 0 Å². The van der Waals surface area contributed by atoms with Crippen LogP contribution in [0.1, 0.15) is 71.1 Å². The third kappa shape index (κ3) is 6.25. The molecule has 0 aliphatic carbocycles. The van der Waals surface area contributed by atoms with Crippen molar-refractivity contribution in [2.45, 2.75) is 110 Å². The summed E-state index contributed by atoms with van der Waals surface area (Å²) in [6.07, 6.45) is 13.5. The summed E-state index contributed by atoms with van der Waals surface area (Å²) in [4.78, 5) is 10.9. The van der Waals surface area contributed by atoms with Gasteiger partial charge in [0, 0.05) is 0 Å². The van der Waals surface area contributed by atoms with E-state index in [9.17, 15) is 4.80 Å². The lowest BCUT2D eigenvalue weighted by atomic mass is 10.1. The Kier molecular flexibility index (Phi) is 9.73. The van der Waals surface area contributed by atoms with Gasteiger partial charge in [-0.05, 0) is 38.8 Å². The van der Waals surface area contributed by atoms with Crippen LogP contribution in [0.3, 0.4) is 0 Å². The summed E-state index contributed by atoms with van der Waals surface area (Å²) in [6.45, 7) is 17.2. The molecular weight excluding hydrogens is 389 g/mol. The van der Waals surface area contributed by atoms with Crippen molar-refractivity contribution < 1.29 is 13.0 Å². The van der Waals surface area contributed by atoms with Crippen molar-refractivity contribution >= 4 is 31.6 Å². The maximum Gasteiger partial charge on any atom is 0.343 e. The largest absolute Gasteiger partial charge is 0.433 e. The minimum Gasteiger partial charge on any atom is -0.433 e. The predicted molar refractivity (Wildman–Crippen MR) is 124 cm³/mol. The summed E-state index contributed by atoms with van der Waals surface area (Å²) in [6, 6.07) is 1.02. The van der Waals surface area contributed by atoms with Crippen molar-refractivity contribution in [1.82, 2.24) is 0 Å². The molecule has 1 saturated heterocycles. The molecule has 1 fully saturated rings. The SMILES string of the molecule is C=C[Si]1(CCCCCCCCCCCC)O[Si](C)(C)[Si](C)([Si](C)(C)O)O1. The van der Waals surface area contributed by atoms with Gasteiger partial charge in [0.25, 0.3) is 0 Å². The summed E-state index contributed by atoms with van der Waals surface area (Å²) in [7, 11) is -8.77. The van der Waals surface area contributed by atoms with Crippen molar-refractivity contribution in [2.75, 3.05) is 0 Å². The van der Waals surface area contributed by atoms with Crippen LogP contribution in [-0.4, -0.2) is 36.4 Å². The lowest BCUT2D eigenvalue weighted by Crippen LogP contribution is -2.71. The maximum absolute atomic E-state index is 10.9. The first kappa shape index (κ1) is 24.5. The van der Waals surface area contributed by atoms with Crippen LogP contribution in [-0.2, 0) is 8.23 Å². The van der Waals surface area contributed by atoms with Gasteiger partial charge < -0.3 is 13.0 Å². The normalized spacial score (nSPS) is 28.4. The molecule has 1 rings (SSSR count). The minimum atomic E-state index is -2.33. The first-order valence-corrected chi connectivity index (χ1v) is 23.2. The van der Waals surface area contributed by atoms with Gasteiger partial charge in [0.15, 0.2) is 15.7 Å². The molecule has 1 aliphatic rings. The van der Waals surface area contributed by atoms with Gasteiger partial charge in [-0.25, -0.2) is 0 Å². The van der Waals surface area contributed by atoms with Crippen molar-refractivity contribution in [2.24, 2.45) is 0 Å². The third-order valence-electron chi connectivity index (χ3n) is 6.31. The van der Waals surface area contributed by atoms with E-state index < -0.39 is 31.6 Å². The molecule has 0 amide bonds. The van der Waals surface area contributed by atoms with E-state index in [-0.39, 0.29) is 0 Å². The molecule has 1 heterocycles. The zero-order valence-corrected chi connectivity index (χ0v) is 22.3. The molecule has 0 aromatic carbocycles. The highest BCUT2D eigenvalue weighted by Crippen LogP contribution is 2.42. The molecule has 0 bridgehead atoms. The van der Waals surface area contributed by atoms with Crippen LogP contribution < -0.4 is 0 Å². The Hall–Kier alpha value is 0.488. The number of unbranched alkanes of at least 4 members (excludes halogenated alkanes) is 9. The van der Waals surface area contributed by atoms with Crippen LogP contribution in [0.25, 0.3) is 0 Å². The lowest BCUT2D eigenvalue weighted by molar-refractivity contribution is 0.436. The Labute approximate surface area is 166 Å². The quantitative estimate of drug-likeness (QED) is 0.276. The summed E-state index contributed by atoms with van der Waals surface area (Å²) in [5, 5.41) is 0. The van der Waals surface area contributed by atoms with E-state index in [0.29, 0.717) is 0 Å². The Morgan fingerprint density at radius 2 is 1.31 bits per heavy atom. The van der Waals surface area contributed by atoms with Gasteiger partial charge in [-0.15, -0.1) is 6.58 Å². The van der Waals surface area contributed by atoms with Crippen molar-refractivity contribution in [1.29, 1.82) is 0 Å². The second kappa shape index (κ2) is 10.3. The van der Waals surface area contributed by atoms with E-state index in [1.54, 1.807) is 0 Å². The smallest absolute Gasteiger partial charge is 0.343 e. The molecule has 0 aromatic rings. The topological polar surface area (TPSA) is 38.7 Å². The monoisotopic (exact) mass is 432 g/mol. The van der Waals surface area contributed by atoms with E-state index in [1.165, 1.54) is 64.2 Å². The van der Waals surface area contributed by atoms with E-state index in [4.69, 9.17) is 8.23 Å². The fraction of sp³-hybridized carbons (Fsp3) is 0.895. The van der Waals surface area contributed by atoms with Crippen LogP contribution in [0, 0.1) is 0 Å². The number of hydrogen-bond acceptors (Lipinski definition) is 3. The van der Waals surface area contributed by atoms with Gasteiger partial charge in [0.2, 0.25) is 7.35 Å².